The summed E-state index contributed by atoms with van der Waals surface area (Å²) in [5.41, 5.74) is 5.84. The van der Waals surface area contributed by atoms with Gasteiger partial charge in [-0.15, -0.1) is 0 Å². The molecule has 2 heterocycles. The fraction of sp³-hybridized carbons (Fsp3) is 0.500. The van der Waals surface area contributed by atoms with Crippen LogP contribution in [0.1, 0.15) is 71.4 Å². The molecule has 33 heavy (non-hydrogen) atoms. The minimum Gasteiger partial charge on any atom is -0.444 e. The van der Waals surface area contributed by atoms with Crippen LogP contribution in [0.4, 0.5) is 19.4 Å². The van der Waals surface area contributed by atoms with Gasteiger partial charge in [0.25, 0.3) is 0 Å². The molecular formula is C24H31F2N5O2. The molecule has 1 unspecified atom stereocenters. The molecule has 0 bridgehead atoms. The lowest BCUT2D eigenvalue weighted by atomic mass is 9.97. The number of nitrogens with two attached hydrogens (primary N) is 1. The summed E-state index contributed by atoms with van der Waals surface area (Å²) in [6, 6.07) is 3.15. The molecule has 0 spiro atoms. The Hall–Kier alpha value is -3.28. The molecule has 2 N–H and O–H groups in total. The Kier molecular flexibility index (Phi) is 8.31. The van der Waals surface area contributed by atoms with E-state index in [1.165, 1.54) is 12.8 Å². The number of rotatable bonds is 1. The van der Waals surface area contributed by atoms with E-state index in [0.717, 1.165) is 25.5 Å². The molecule has 3 rings (SSSR count). The van der Waals surface area contributed by atoms with Crippen LogP contribution in [0, 0.1) is 23.2 Å². The van der Waals surface area contributed by atoms with E-state index in [1.807, 2.05) is 31.7 Å². The zero-order valence-electron chi connectivity index (χ0n) is 19.8. The van der Waals surface area contributed by atoms with Crippen LogP contribution in [0.15, 0.2) is 12.6 Å². The maximum absolute atomic E-state index is 13.7. The second-order valence-electron chi connectivity index (χ2n) is 9.15. The summed E-state index contributed by atoms with van der Waals surface area (Å²) < 4.78 is 32.2. The number of nitrogens with zero attached hydrogens (tertiary/aromatic N) is 4. The minimum atomic E-state index is -1.11. The molecule has 0 saturated carbocycles. The van der Waals surface area contributed by atoms with Crippen molar-refractivity contribution in [3.05, 3.63) is 35.7 Å². The number of allylic oxidation sites excluding steroid dienone is 1. The summed E-state index contributed by atoms with van der Waals surface area (Å²) in [6.45, 7) is 14.0. The van der Waals surface area contributed by atoms with Gasteiger partial charge in [-0.05, 0) is 59.1 Å². The van der Waals surface area contributed by atoms with Gasteiger partial charge < -0.3 is 15.4 Å². The summed E-state index contributed by atoms with van der Waals surface area (Å²) in [6.07, 6.45) is 3.38. The molecule has 1 aromatic carbocycles. The van der Waals surface area contributed by atoms with Crippen LogP contribution < -0.4 is 5.73 Å². The third-order valence-corrected chi connectivity index (χ3v) is 5.15. The predicted molar refractivity (Wildman–Crippen MR) is 124 cm³/mol. The maximum atomic E-state index is 13.7. The van der Waals surface area contributed by atoms with Crippen molar-refractivity contribution in [2.45, 2.75) is 71.9 Å². The number of nitriles is 1. The van der Waals surface area contributed by atoms with Crippen LogP contribution in [0.5, 0.6) is 0 Å². The number of hydrogen-bond donors (Lipinski definition) is 1. The second kappa shape index (κ2) is 10.6. The molecular weight excluding hydrogens is 428 g/mol. The topological polar surface area (TPSA) is 105 Å². The molecule has 7 nitrogen and oxygen atoms in total. The first kappa shape index (κ1) is 26.0. The van der Waals surface area contributed by atoms with E-state index in [0.29, 0.717) is 17.2 Å². The normalized spacial score (nSPS) is 16.3. The third kappa shape index (κ3) is 6.60. The molecule has 178 valence electrons. The van der Waals surface area contributed by atoms with Gasteiger partial charge >= 0.3 is 12.2 Å². The quantitative estimate of drug-likeness (QED) is 0.558. The predicted octanol–water partition coefficient (Wildman–Crippen LogP) is 5.58. The molecule has 9 heteroatoms. The Morgan fingerprint density at radius 2 is 1.97 bits per heavy atom. The van der Waals surface area contributed by atoms with E-state index in [4.69, 9.17) is 15.7 Å². The molecule has 0 radical (unpaired) electrons. The number of aromatic nitrogens is 2. The number of amides is 1. The van der Waals surface area contributed by atoms with Crippen molar-refractivity contribution in [2.24, 2.45) is 0 Å². The van der Waals surface area contributed by atoms with Crippen LogP contribution in [0.25, 0.3) is 16.5 Å². The Morgan fingerprint density at radius 1 is 1.30 bits per heavy atom. The van der Waals surface area contributed by atoms with Crippen molar-refractivity contribution in [1.29, 1.82) is 5.26 Å². The van der Waals surface area contributed by atoms with Crippen molar-refractivity contribution in [3.8, 4) is 6.07 Å². The lowest BCUT2D eigenvalue weighted by molar-refractivity contribution is 0.0183. The monoisotopic (exact) mass is 459 g/mol. The molecule has 1 aromatic heterocycles. The number of carbonyl (C=O) groups is 1. The van der Waals surface area contributed by atoms with Gasteiger partial charge in [-0.25, -0.2) is 9.18 Å². The van der Waals surface area contributed by atoms with Gasteiger partial charge in [0.1, 0.15) is 16.9 Å². The van der Waals surface area contributed by atoms with E-state index in [2.05, 4.69) is 23.5 Å². The number of halogens is 2. The highest BCUT2D eigenvalue weighted by molar-refractivity contribution is 5.99. The Morgan fingerprint density at radius 3 is 2.55 bits per heavy atom. The van der Waals surface area contributed by atoms with Crippen LogP contribution >= 0.6 is 0 Å². The highest BCUT2D eigenvalue weighted by atomic mass is 19.1. The number of fused-ring (bicyclic) bond motifs is 1. The average molecular weight is 460 g/mol. The smallest absolute Gasteiger partial charge is 0.410 e. The van der Waals surface area contributed by atoms with E-state index in [9.17, 15) is 13.6 Å². The van der Waals surface area contributed by atoms with Crippen molar-refractivity contribution in [1.82, 2.24) is 14.9 Å². The molecule has 1 aliphatic heterocycles. The summed E-state index contributed by atoms with van der Waals surface area (Å²) >= 11 is 0. The fourth-order valence-corrected chi connectivity index (χ4v) is 3.67. The number of ether oxygens (including phenoxy) is 1. The Labute approximate surface area is 193 Å². The van der Waals surface area contributed by atoms with E-state index in [1.54, 1.807) is 6.92 Å². The molecule has 1 amide bonds. The highest BCUT2D eigenvalue weighted by Gasteiger charge is 2.26. The first-order valence-corrected chi connectivity index (χ1v) is 10.9. The number of likely N-dealkylation sites (tertiary alicyclic amines) is 1. The van der Waals surface area contributed by atoms with Gasteiger partial charge in [0.2, 0.25) is 0 Å². The van der Waals surface area contributed by atoms with E-state index < -0.39 is 11.9 Å². The van der Waals surface area contributed by atoms with Gasteiger partial charge in [0.05, 0.1) is 17.0 Å². The third-order valence-electron chi connectivity index (χ3n) is 5.15. The van der Waals surface area contributed by atoms with E-state index in [-0.39, 0.29) is 34.0 Å². The van der Waals surface area contributed by atoms with Crippen LogP contribution in [-0.4, -0.2) is 39.1 Å². The maximum Gasteiger partial charge on any atom is 0.410 e. The number of benzene rings is 1. The van der Waals surface area contributed by atoms with Gasteiger partial charge in [0.15, 0.2) is 5.82 Å². The number of nitrogen functional groups attached to an aromatic ring is 1. The molecule has 1 aliphatic rings. The molecule has 1 saturated heterocycles. The van der Waals surface area contributed by atoms with Crippen molar-refractivity contribution < 1.29 is 18.3 Å². The Balaban J connectivity index is 0.000000238. The summed E-state index contributed by atoms with van der Waals surface area (Å²) in [7, 11) is 0. The second-order valence-corrected chi connectivity index (χ2v) is 9.15. The van der Waals surface area contributed by atoms with Gasteiger partial charge in [0, 0.05) is 18.2 Å². The zero-order valence-corrected chi connectivity index (χ0v) is 19.8. The first-order chi connectivity index (χ1) is 15.4. The number of carbonyl (C=O) groups excluding carboxylic acids is 1. The Bertz CT molecular complexity index is 1090. The van der Waals surface area contributed by atoms with Crippen molar-refractivity contribution >= 4 is 28.4 Å². The van der Waals surface area contributed by atoms with Gasteiger partial charge in [-0.2, -0.15) is 19.6 Å². The summed E-state index contributed by atoms with van der Waals surface area (Å²) in [4.78, 5) is 20.5. The largest absolute Gasteiger partial charge is 0.444 e. The first-order valence-electron chi connectivity index (χ1n) is 10.9. The van der Waals surface area contributed by atoms with Crippen molar-refractivity contribution in [3.63, 3.8) is 0 Å². The summed E-state index contributed by atoms with van der Waals surface area (Å²) in [5.74, 6) is -1.04. The van der Waals surface area contributed by atoms with Crippen LogP contribution in [0.2, 0.25) is 0 Å². The number of anilines is 1. The SMILES string of the molecule is C=C(C)c1c(C#N)cc(F)c2nc(F)nc(N)c12.CC1CCCCCN1C(=O)OC(C)(C)C. The average Bonchev–Trinajstić information content (AvgIpc) is 2.91. The molecule has 0 aliphatic carbocycles. The van der Waals surface area contributed by atoms with Crippen LogP contribution in [-0.2, 0) is 4.74 Å². The fourth-order valence-electron chi connectivity index (χ4n) is 3.67. The zero-order chi connectivity index (χ0) is 24.9. The van der Waals surface area contributed by atoms with E-state index >= 15 is 0 Å². The molecule has 1 fully saturated rings. The molecule has 2 aromatic rings. The number of hydrogen-bond acceptors (Lipinski definition) is 6. The van der Waals surface area contributed by atoms with Crippen LogP contribution in [0.3, 0.4) is 0 Å². The summed E-state index contributed by atoms with van der Waals surface area (Å²) in [5, 5.41) is 9.09. The van der Waals surface area contributed by atoms with Gasteiger partial charge in [-0.3, -0.25) is 0 Å². The standard InChI is InChI=1S/C12H8F2N4.C12H23NO2/c1-5(2)8-6(4-15)3-7(13)10-9(8)11(16)18-12(14)17-10;1-10-8-6-5-7-9-13(10)11(14)15-12(2,3)4/h3H,1H2,2H3,(H2,16,17,18);10H,5-9H2,1-4H3. The highest BCUT2D eigenvalue weighted by Crippen LogP contribution is 2.31. The van der Waals surface area contributed by atoms with Crippen molar-refractivity contribution in [2.75, 3.05) is 12.3 Å². The lowest BCUT2D eigenvalue weighted by Gasteiger charge is -2.30. The lowest BCUT2D eigenvalue weighted by Crippen LogP contribution is -2.41. The molecule has 1 atom stereocenters. The van der Waals surface area contributed by atoms with Gasteiger partial charge in [-0.1, -0.05) is 19.4 Å². The minimum absolute atomic E-state index is 0.0643.